The van der Waals surface area contributed by atoms with Gasteiger partial charge in [-0.15, -0.1) is 5.10 Å². The summed E-state index contributed by atoms with van der Waals surface area (Å²) >= 11 is 5.50. The zero-order valence-electron chi connectivity index (χ0n) is 10.5. The minimum absolute atomic E-state index is 0.243. The number of benzene rings is 1. The van der Waals surface area contributed by atoms with Crippen molar-refractivity contribution in [2.75, 3.05) is 7.11 Å². The molecule has 0 N–H and O–H groups in total. The first kappa shape index (κ1) is 15.4. The Balaban J connectivity index is 2.27. The zero-order chi connectivity index (χ0) is 14.8. The van der Waals surface area contributed by atoms with Gasteiger partial charge in [-0.05, 0) is 33.6 Å². The predicted molar refractivity (Wildman–Crippen MR) is 77.6 cm³/mol. The van der Waals surface area contributed by atoms with Crippen LogP contribution in [0.5, 0.6) is 5.75 Å². The molecule has 0 fully saturated rings. The van der Waals surface area contributed by atoms with Crippen molar-refractivity contribution in [1.29, 1.82) is 0 Å². The van der Waals surface area contributed by atoms with E-state index in [0.717, 1.165) is 11.3 Å². The second-order valence-corrected chi connectivity index (χ2v) is 5.58. The number of ether oxygens (including phenoxy) is 1. The number of hydrogen-bond donors (Lipinski definition) is 0. The summed E-state index contributed by atoms with van der Waals surface area (Å²) in [4.78, 5) is -3.19. The molecule has 0 amide bonds. The second-order valence-electron chi connectivity index (χ2n) is 4.02. The fourth-order valence-electron chi connectivity index (χ4n) is 1.72. The average Bonchev–Trinajstić information content (AvgIpc) is 2.82. The Morgan fingerprint density at radius 3 is 2.45 bits per heavy atom. The molecule has 0 aliphatic heterocycles. The molecule has 1 aromatic carbocycles. The monoisotopic (exact) mass is 409 g/mol. The first-order valence-corrected chi connectivity index (χ1v) is 7.55. The first-order chi connectivity index (χ1) is 9.45. The lowest BCUT2D eigenvalue weighted by atomic mass is 10.2. The Morgan fingerprint density at radius 2 is 1.95 bits per heavy atom. The van der Waals surface area contributed by atoms with Crippen molar-refractivity contribution in [3.8, 4) is 5.75 Å². The normalized spacial score (nSPS) is 11.7. The number of rotatable bonds is 5. The Labute approximate surface area is 131 Å². The van der Waals surface area contributed by atoms with E-state index in [1.54, 1.807) is 19.2 Å². The van der Waals surface area contributed by atoms with Crippen molar-refractivity contribution in [2.24, 2.45) is 0 Å². The summed E-state index contributed by atoms with van der Waals surface area (Å²) in [5.74, 6) is 0.737. The van der Waals surface area contributed by atoms with Gasteiger partial charge in [0.15, 0.2) is 5.69 Å². The number of nitrogens with zero attached hydrogens (tertiary/aromatic N) is 3. The maximum Gasteiger partial charge on any atom is 0.346 e. The quantitative estimate of drug-likeness (QED) is 0.706. The summed E-state index contributed by atoms with van der Waals surface area (Å²) in [6.07, 6.45) is 0. The standard InChI is InChI=1S/C12H11Br2F2N3O/c1-20-9-4-2-8(3-5-9)7-19-10(6-13)11(17-18-19)12(14,15)16/h2-5H,6-7H2,1H3. The van der Waals surface area contributed by atoms with Gasteiger partial charge in [-0.25, -0.2) is 4.68 Å². The third-order valence-corrected chi connectivity index (χ3v) is 3.63. The molecule has 0 saturated carbocycles. The molecule has 0 atom stereocenters. The highest BCUT2D eigenvalue weighted by Crippen LogP contribution is 2.35. The van der Waals surface area contributed by atoms with Gasteiger partial charge in [-0.3, -0.25) is 0 Å². The van der Waals surface area contributed by atoms with Gasteiger partial charge in [0.2, 0.25) is 0 Å². The van der Waals surface area contributed by atoms with E-state index in [4.69, 9.17) is 4.74 Å². The zero-order valence-corrected chi connectivity index (χ0v) is 13.7. The molecule has 1 aromatic heterocycles. The minimum Gasteiger partial charge on any atom is -0.497 e. The smallest absolute Gasteiger partial charge is 0.346 e. The minimum atomic E-state index is -3.19. The van der Waals surface area contributed by atoms with Crippen molar-refractivity contribution in [2.45, 2.75) is 16.7 Å². The SMILES string of the molecule is COc1ccc(Cn2nnc(C(F)(F)Br)c2CBr)cc1. The molecule has 8 heteroatoms. The molecule has 0 aliphatic carbocycles. The van der Waals surface area contributed by atoms with E-state index in [9.17, 15) is 8.78 Å². The first-order valence-electron chi connectivity index (χ1n) is 5.64. The molecule has 0 saturated heterocycles. The van der Waals surface area contributed by atoms with E-state index in [1.807, 2.05) is 12.1 Å². The van der Waals surface area contributed by atoms with Crippen LogP contribution >= 0.6 is 31.9 Å². The van der Waals surface area contributed by atoms with Gasteiger partial charge in [0, 0.05) is 5.33 Å². The van der Waals surface area contributed by atoms with Crippen LogP contribution in [0.2, 0.25) is 0 Å². The molecule has 2 aromatic rings. The molecule has 0 aliphatic rings. The average molecular weight is 411 g/mol. The van der Waals surface area contributed by atoms with E-state index in [-0.39, 0.29) is 11.0 Å². The molecule has 4 nitrogen and oxygen atoms in total. The summed E-state index contributed by atoms with van der Waals surface area (Å²) in [6, 6.07) is 7.31. The van der Waals surface area contributed by atoms with Crippen molar-refractivity contribution in [1.82, 2.24) is 15.0 Å². The summed E-state index contributed by atoms with van der Waals surface area (Å²) in [7, 11) is 1.58. The van der Waals surface area contributed by atoms with Crippen molar-refractivity contribution in [3.63, 3.8) is 0 Å². The predicted octanol–water partition coefficient (Wildman–Crippen LogP) is 3.67. The lowest BCUT2D eigenvalue weighted by Crippen LogP contribution is -2.10. The van der Waals surface area contributed by atoms with E-state index >= 15 is 0 Å². The fraction of sp³-hybridized carbons (Fsp3) is 0.333. The number of aromatic nitrogens is 3. The third kappa shape index (κ3) is 3.35. The van der Waals surface area contributed by atoms with E-state index in [1.165, 1.54) is 4.68 Å². The molecule has 0 unspecified atom stereocenters. The lowest BCUT2D eigenvalue weighted by Gasteiger charge is -2.09. The third-order valence-electron chi connectivity index (χ3n) is 2.72. The molecule has 0 bridgehead atoms. The number of halogens is 4. The Hall–Kier alpha value is -1.02. The van der Waals surface area contributed by atoms with Gasteiger partial charge in [-0.2, -0.15) is 8.78 Å². The highest BCUT2D eigenvalue weighted by atomic mass is 79.9. The molecule has 1 heterocycles. The highest BCUT2D eigenvalue weighted by molar-refractivity contribution is 9.09. The number of methoxy groups -OCH3 is 1. The van der Waals surface area contributed by atoms with Crippen molar-refractivity contribution >= 4 is 31.9 Å². The summed E-state index contributed by atoms with van der Waals surface area (Å²) in [5, 5.41) is 7.58. The number of alkyl halides is 4. The van der Waals surface area contributed by atoms with Gasteiger partial charge >= 0.3 is 4.83 Å². The molecular weight excluding hydrogens is 400 g/mol. The largest absolute Gasteiger partial charge is 0.497 e. The van der Waals surface area contributed by atoms with Crippen LogP contribution in [0.3, 0.4) is 0 Å². The van der Waals surface area contributed by atoms with E-state index < -0.39 is 4.83 Å². The molecule has 0 spiro atoms. The van der Waals surface area contributed by atoms with Gasteiger partial charge in [0.05, 0.1) is 19.3 Å². The Morgan fingerprint density at radius 1 is 1.30 bits per heavy atom. The number of hydrogen-bond acceptors (Lipinski definition) is 3. The van der Waals surface area contributed by atoms with Crippen LogP contribution in [0, 0.1) is 0 Å². The van der Waals surface area contributed by atoms with Crippen LogP contribution in [-0.4, -0.2) is 22.1 Å². The summed E-state index contributed by atoms with van der Waals surface area (Å²) in [5.41, 5.74) is 0.882. The van der Waals surface area contributed by atoms with Crippen LogP contribution in [0.25, 0.3) is 0 Å². The topological polar surface area (TPSA) is 39.9 Å². The lowest BCUT2D eigenvalue weighted by molar-refractivity contribution is 0.108. The molecule has 20 heavy (non-hydrogen) atoms. The van der Waals surface area contributed by atoms with Crippen molar-refractivity contribution < 1.29 is 13.5 Å². The fourth-order valence-corrected chi connectivity index (χ4v) is 2.58. The van der Waals surface area contributed by atoms with Crippen LogP contribution in [0.1, 0.15) is 17.0 Å². The van der Waals surface area contributed by atoms with Crippen LogP contribution in [0.4, 0.5) is 8.78 Å². The molecule has 0 radical (unpaired) electrons. The summed E-state index contributed by atoms with van der Waals surface area (Å²) in [6.45, 7) is 0.362. The van der Waals surface area contributed by atoms with Crippen LogP contribution in [0.15, 0.2) is 24.3 Å². The van der Waals surface area contributed by atoms with Gasteiger partial charge in [0.25, 0.3) is 0 Å². The highest BCUT2D eigenvalue weighted by Gasteiger charge is 2.34. The second kappa shape index (κ2) is 6.17. The van der Waals surface area contributed by atoms with Crippen LogP contribution < -0.4 is 4.74 Å². The molecular formula is C12H11Br2F2N3O. The maximum atomic E-state index is 13.3. The summed E-state index contributed by atoms with van der Waals surface area (Å²) < 4.78 is 33.1. The maximum absolute atomic E-state index is 13.3. The van der Waals surface area contributed by atoms with Gasteiger partial charge in [0.1, 0.15) is 5.75 Å². The van der Waals surface area contributed by atoms with E-state index in [2.05, 4.69) is 42.2 Å². The van der Waals surface area contributed by atoms with Crippen molar-refractivity contribution in [3.05, 3.63) is 41.2 Å². The Bertz CT molecular complexity index is 581. The molecule has 108 valence electrons. The van der Waals surface area contributed by atoms with Gasteiger partial charge in [-0.1, -0.05) is 33.3 Å². The Kier molecular flexibility index (Phi) is 4.74. The van der Waals surface area contributed by atoms with Gasteiger partial charge < -0.3 is 4.74 Å². The van der Waals surface area contributed by atoms with E-state index in [0.29, 0.717) is 12.2 Å². The molecule has 2 rings (SSSR count). The van der Waals surface area contributed by atoms with Crippen LogP contribution in [-0.2, 0) is 16.7 Å².